The predicted octanol–water partition coefficient (Wildman–Crippen LogP) is 2.02. The molecule has 0 aliphatic heterocycles. The first-order valence-electron chi connectivity index (χ1n) is 5.21. The molecule has 1 N–H and O–H groups in total. The van der Waals surface area contributed by atoms with E-state index in [-0.39, 0.29) is 16.3 Å². The van der Waals surface area contributed by atoms with Crippen molar-refractivity contribution in [3.05, 3.63) is 17.5 Å². The molecule has 1 aromatic rings. The van der Waals surface area contributed by atoms with Crippen molar-refractivity contribution in [1.82, 2.24) is 15.1 Å². The van der Waals surface area contributed by atoms with Gasteiger partial charge in [-0.1, -0.05) is 22.9 Å². The van der Waals surface area contributed by atoms with Crippen LogP contribution < -0.4 is 5.32 Å². The zero-order valence-electron chi connectivity index (χ0n) is 10.3. The normalized spacial score (nSPS) is 13.6. The highest BCUT2D eigenvalue weighted by molar-refractivity contribution is 9.09. The minimum Gasteiger partial charge on any atom is -0.346 e. The van der Waals surface area contributed by atoms with Gasteiger partial charge in [-0.25, -0.2) is 0 Å². The van der Waals surface area contributed by atoms with Gasteiger partial charge in [0, 0.05) is 23.6 Å². The molecular weight excluding hydrogens is 270 g/mol. The summed E-state index contributed by atoms with van der Waals surface area (Å²) in [6.45, 7) is 7.81. The van der Waals surface area contributed by atoms with Crippen LogP contribution in [-0.2, 0) is 7.05 Å². The zero-order chi connectivity index (χ0) is 12.5. The summed E-state index contributed by atoms with van der Waals surface area (Å²) >= 11 is 3.49. The average Bonchev–Trinajstić information content (AvgIpc) is 2.44. The molecule has 0 spiro atoms. The summed E-state index contributed by atoms with van der Waals surface area (Å²) in [4.78, 5) is 12.2. The molecule has 1 rings (SSSR count). The summed E-state index contributed by atoms with van der Waals surface area (Å²) in [5.74, 6) is -0.0816. The molecule has 4 nitrogen and oxygen atoms in total. The summed E-state index contributed by atoms with van der Waals surface area (Å²) < 4.78 is 1.65. The van der Waals surface area contributed by atoms with Gasteiger partial charge in [0.05, 0.1) is 11.3 Å². The van der Waals surface area contributed by atoms with Gasteiger partial charge >= 0.3 is 0 Å². The number of hydrogen-bond acceptors (Lipinski definition) is 2. The van der Waals surface area contributed by atoms with E-state index in [1.165, 1.54) is 0 Å². The Morgan fingerprint density at radius 2 is 2.19 bits per heavy atom. The van der Waals surface area contributed by atoms with E-state index in [2.05, 4.69) is 26.3 Å². The molecule has 1 unspecified atom stereocenters. The molecule has 16 heavy (non-hydrogen) atoms. The van der Waals surface area contributed by atoms with Crippen LogP contribution in [0.1, 0.15) is 36.8 Å². The number of alkyl halides is 1. The second-order valence-electron chi connectivity index (χ2n) is 4.59. The Morgan fingerprint density at radius 3 is 2.56 bits per heavy atom. The fourth-order valence-corrected chi connectivity index (χ4v) is 1.40. The summed E-state index contributed by atoms with van der Waals surface area (Å²) in [5.41, 5.74) is 1.08. The molecule has 0 saturated carbocycles. The first-order chi connectivity index (χ1) is 7.24. The number of halogens is 1. The highest BCUT2D eigenvalue weighted by Crippen LogP contribution is 2.17. The number of nitrogens with one attached hydrogen (secondary N) is 1. The lowest BCUT2D eigenvalue weighted by Gasteiger charge is -2.29. The quantitative estimate of drug-likeness (QED) is 0.865. The van der Waals surface area contributed by atoms with E-state index in [0.29, 0.717) is 5.56 Å². The second kappa shape index (κ2) is 4.57. The Morgan fingerprint density at radius 1 is 1.62 bits per heavy atom. The van der Waals surface area contributed by atoms with E-state index < -0.39 is 0 Å². The molecule has 0 aliphatic rings. The van der Waals surface area contributed by atoms with Gasteiger partial charge in [0.1, 0.15) is 0 Å². The third kappa shape index (κ3) is 2.84. The minimum atomic E-state index is -0.292. The molecule has 0 aromatic carbocycles. The van der Waals surface area contributed by atoms with Gasteiger partial charge in [0.15, 0.2) is 0 Å². The van der Waals surface area contributed by atoms with E-state index >= 15 is 0 Å². The van der Waals surface area contributed by atoms with Crippen LogP contribution in [0.2, 0.25) is 0 Å². The van der Waals surface area contributed by atoms with Crippen LogP contribution in [0.25, 0.3) is 0 Å². The maximum atomic E-state index is 12.0. The van der Waals surface area contributed by atoms with Gasteiger partial charge in [-0.3, -0.25) is 9.48 Å². The lowest BCUT2D eigenvalue weighted by Crippen LogP contribution is -2.48. The van der Waals surface area contributed by atoms with E-state index in [4.69, 9.17) is 0 Å². The van der Waals surface area contributed by atoms with E-state index in [0.717, 1.165) is 5.69 Å². The van der Waals surface area contributed by atoms with Crippen molar-refractivity contribution in [3.8, 4) is 0 Å². The predicted molar refractivity (Wildman–Crippen MR) is 67.9 cm³/mol. The molecule has 1 atom stereocenters. The van der Waals surface area contributed by atoms with Crippen molar-refractivity contribution in [3.63, 3.8) is 0 Å². The minimum absolute atomic E-state index is 0.0816. The lowest BCUT2D eigenvalue weighted by molar-refractivity contribution is 0.0913. The zero-order valence-corrected chi connectivity index (χ0v) is 11.9. The van der Waals surface area contributed by atoms with Crippen LogP contribution in [0, 0.1) is 6.92 Å². The van der Waals surface area contributed by atoms with Gasteiger partial charge in [-0.2, -0.15) is 5.10 Å². The van der Waals surface area contributed by atoms with Crippen LogP contribution in [0.4, 0.5) is 0 Å². The van der Waals surface area contributed by atoms with Gasteiger partial charge in [-0.15, -0.1) is 0 Å². The SMILES string of the molecule is Cc1nn(C)cc1C(=O)NC(C)(C)C(C)Br. The number of nitrogens with zero attached hydrogens (tertiary/aromatic N) is 2. The topological polar surface area (TPSA) is 46.9 Å². The van der Waals surface area contributed by atoms with E-state index in [1.807, 2.05) is 34.7 Å². The summed E-state index contributed by atoms with van der Waals surface area (Å²) in [7, 11) is 1.81. The maximum absolute atomic E-state index is 12.0. The second-order valence-corrected chi connectivity index (χ2v) is 5.97. The maximum Gasteiger partial charge on any atom is 0.255 e. The number of amides is 1. The van der Waals surface area contributed by atoms with E-state index in [9.17, 15) is 4.79 Å². The highest BCUT2D eigenvalue weighted by atomic mass is 79.9. The Hall–Kier alpha value is -0.840. The first kappa shape index (κ1) is 13.2. The molecule has 0 fully saturated rings. The van der Waals surface area contributed by atoms with Crippen LogP contribution in [0.5, 0.6) is 0 Å². The Kier molecular flexibility index (Phi) is 3.78. The van der Waals surface area contributed by atoms with Crippen LogP contribution in [0.3, 0.4) is 0 Å². The Balaban J connectivity index is 2.85. The molecule has 90 valence electrons. The largest absolute Gasteiger partial charge is 0.346 e. The molecule has 0 radical (unpaired) electrons. The van der Waals surface area contributed by atoms with Gasteiger partial charge < -0.3 is 5.32 Å². The summed E-state index contributed by atoms with van der Waals surface area (Å²) in [5, 5.41) is 7.14. The first-order valence-corrected chi connectivity index (χ1v) is 6.12. The van der Waals surface area contributed by atoms with Crippen molar-refractivity contribution in [2.24, 2.45) is 7.05 Å². The van der Waals surface area contributed by atoms with Crippen LogP contribution in [-0.4, -0.2) is 26.1 Å². The third-order valence-corrected chi connectivity index (χ3v) is 3.83. The number of aryl methyl sites for hydroxylation is 2. The summed E-state index contributed by atoms with van der Waals surface area (Å²) in [6.07, 6.45) is 1.74. The number of rotatable bonds is 3. The van der Waals surface area contributed by atoms with Crippen LogP contribution >= 0.6 is 15.9 Å². The molecule has 0 saturated heterocycles. The van der Waals surface area contributed by atoms with Crippen LogP contribution in [0.15, 0.2) is 6.20 Å². The number of hydrogen-bond donors (Lipinski definition) is 1. The Labute approximate surface area is 105 Å². The molecule has 1 amide bonds. The monoisotopic (exact) mass is 287 g/mol. The molecule has 0 bridgehead atoms. The standard InChI is InChI=1S/C11H18BrN3O/c1-7-9(6-15(5)14-7)10(16)13-11(3,4)8(2)12/h6,8H,1-5H3,(H,13,16). The van der Waals surface area contributed by atoms with E-state index in [1.54, 1.807) is 10.9 Å². The van der Waals surface area contributed by atoms with Gasteiger partial charge in [0.2, 0.25) is 0 Å². The van der Waals surface area contributed by atoms with Crippen molar-refractivity contribution in [1.29, 1.82) is 0 Å². The molecule has 0 aliphatic carbocycles. The molecule has 5 heteroatoms. The third-order valence-electron chi connectivity index (χ3n) is 2.69. The molecule has 1 heterocycles. The Bertz CT molecular complexity index is 396. The molecular formula is C11H18BrN3O. The number of aromatic nitrogens is 2. The van der Waals surface area contributed by atoms with Gasteiger partial charge in [0.25, 0.3) is 5.91 Å². The number of carbonyl (C=O) groups excluding carboxylic acids is 1. The van der Waals surface area contributed by atoms with Gasteiger partial charge in [-0.05, 0) is 20.8 Å². The number of carbonyl (C=O) groups is 1. The van der Waals surface area contributed by atoms with Crippen molar-refractivity contribution in [2.45, 2.75) is 38.1 Å². The lowest BCUT2D eigenvalue weighted by atomic mass is 10.0. The van der Waals surface area contributed by atoms with Crippen molar-refractivity contribution >= 4 is 21.8 Å². The fraction of sp³-hybridized carbons (Fsp3) is 0.636. The van der Waals surface area contributed by atoms with Crippen molar-refractivity contribution in [2.75, 3.05) is 0 Å². The molecule has 1 aromatic heterocycles. The fourth-order valence-electron chi connectivity index (χ4n) is 1.28. The summed E-state index contributed by atoms with van der Waals surface area (Å²) in [6, 6.07) is 0. The average molecular weight is 288 g/mol. The smallest absolute Gasteiger partial charge is 0.255 e. The highest BCUT2D eigenvalue weighted by Gasteiger charge is 2.27. The van der Waals surface area contributed by atoms with Crippen molar-refractivity contribution < 1.29 is 4.79 Å².